The Kier molecular flexibility index (Phi) is 3.80. The Morgan fingerprint density at radius 3 is 2.52 bits per heavy atom. The average molecular weight is 310 g/mol. The summed E-state index contributed by atoms with van der Waals surface area (Å²) in [5.74, 6) is 1.47. The molecular weight excluding hydrogens is 288 g/mol. The molecule has 0 unspecified atom stereocenters. The minimum absolute atomic E-state index is 0.0791. The third kappa shape index (κ3) is 2.79. The van der Waals surface area contributed by atoms with Crippen molar-refractivity contribution >= 4 is 5.78 Å². The molecule has 0 aliphatic heterocycles. The van der Waals surface area contributed by atoms with Crippen LogP contribution in [0.3, 0.4) is 0 Å². The van der Waals surface area contributed by atoms with Crippen molar-refractivity contribution in [3.05, 3.63) is 62.8 Å². The fourth-order valence-electron chi connectivity index (χ4n) is 2.74. The maximum Gasteiger partial charge on any atom is 0.274 e. The lowest BCUT2D eigenvalue weighted by Crippen LogP contribution is -2.23. The molecule has 0 aliphatic rings. The quantitative estimate of drug-likeness (QED) is 0.747. The minimum atomic E-state index is -0.0791. The first-order valence-electron chi connectivity index (χ1n) is 7.90. The predicted octanol–water partition coefficient (Wildman–Crippen LogP) is 2.99. The Morgan fingerprint density at radius 1 is 1.09 bits per heavy atom. The third-order valence-corrected chi connectivity index (χ3v) is 4.19. The van der Waals surface area contributed by atoms with Gasteiger partial charge in [-0.1, -0.05) is 37.6 Å². The average Bonchev–Trinajstić information content (AvgIpc) is 2.79. The number of rotatable bonds is 3. The molecule has 0 aliphatic carbocycles. The van der Waals surface area contributed by atoms with E-state index in [-0.39, 0.29) is 11.5 Å². The van der Waals surface area contributed by atoms with Crippen LogP contribution < -0.4 is 5.56 Å². The summed E-state index contributed by atoms with van der Waals surface area (Å²) >= 11 is 0. The van der Waals surface area contributed by atoms with E-state index in [0.29, 0.717) is 12.3 Å². The molecule has 23 heavy (non-hydrogen) atoms. The van der Waals surface area contributed by atoms with Gasteiger partial charge in [0.15, 0.2) is 0 Å². The highest BCUT2D eigenvalue weighted by Gasteiger charge is 2.14. The van der Waals surface area contributed by atoms with E-state index in [4.69, 9.17) is 0 Å². The molecule has 5 nitrogen and oxygen atoms in total. The summed E-state index contributed by atoms with van der Waals surface area (Å²) in [5, 5.41) is 0. The third-order valence-electron chi connectivity index (χ3n) is 4.19. The van der Waals surface area contributed by atoms with Crippen molar-refractivity contribution < 1.29 is 0 Å². The van der Waals surface area contributed by atoms with Gasteiger partial charge in [-0.05, 0) is 37.8 Å². The number of nitrogens with zero attached hydrogens (tertiary/aromatic N) is 4. The SMILES string of the molecule is Cc1ccc(C)c(Cn2c(C)nc3nc(C(C)C)cc(=O)n32)c1. The molecule has 0 fully saturated rings. The number of aryl methyl sites for hydroxylation is 3. The molecule has 0 atom stereocenters. The molecule has 3 aromatic rings. The monoisotopic (exact) mass is 310 g/mol. The highest BCUT2D eigenvalue weighted by atomic mass is 16.1. The van der Waals surface area contributed by atoms with Gasteiger partial charge in [0.2, 0.25) is 0 Å². The van der Waals surface area contributed by atoms with Crippen LogP contribution in [0, 0.1) is 20.8 Å². The molecule has 0 radical (unpaired) electrons. The molecule has 0 saturated carbocycles. The van der Waals surface area contributed by atoms with E-state index in [2.05, 4.69) is 42.0 Å². The lowest BCUT2D eigenvalue weighted by molar-refractivity contribution is 0.596. The topological polar surface area (TPSA) is 52.2 Å². The van der Waals surface area contributed by atoms with E-state index in [1.807, 2.05) is 25.5 Å². The zero-order valence-electron chi connectivity index (χ0n) is 14.3. The molecule has 0 bridgehead atoms. The van der Waals surface area contributed by atoms with Gasteiger partial charge in [0.25, 0.3) is 11.3 Å². The summed E-state index contributed by atoms with van der Waals surface area (Å²) in [6.45, 7) is 10.7. The Morgan fingerprint density at radius 2 is 1.83 bits per heavy atom. The Balaban J connectivity index is 2.16. The van der Waals surface area contributed by atoms with Gasteiger partial charge in [0.1, 0.15) is 5.82 Å². The van der Waals surface area contributed by atoms with E-state index < -0.39 is 0 Å². The van der Waals surface area contributed by atoms with Crippen LogP contribution in [-0.2, 0) is 6.54 Å². The standard InChI is InChI=1S/C18H22N4O/c1-11(2)16-9-17(23)22-18(20-16)19-14(5)21(22)10-15-8-12(3)6-7-13(15)4/h6-9,11H,10H2,1-5H3. The normalized spacial score (nSPS) is 11.6. The van der Waals surface area contributed by atoms with Gasteiger partial charge in [-0.25, -0.2) is 4.98 Å². The molecule has 0 saturated heterocycles. The van der Waals surface area contributed by atoms with Gasteiger partial charge < -0.3 is 0 Å². The Hall–Kier alpha value is -2.43. The summed E-state index contributed by atoms with van der Waals surface area (Å²) in [5.41, 5.74) is 4.31. The lowest BCUT2D eigenvalue weighted by atomic mass is 10.1. The van der Waals surface area contributed by atoms with Crippen LogP contribution in [0.15, 0.2) is 29.1 Å². The van der Waals surface area contributed by atoms with E-state index in [9.17, 15) is 4.79 Å². The van der Waals surface area contributed by atoms with Crippen LogP contribution in [0.1, 0.15) is 48.0 Å². The van der Waals surface area contributed by atoms with E-state index in [0.717, 1.165) is 11.5 Å². The van der Waals surface area contributed by atoms with Crippen LogP contribution in [0.25, 0.3) is 5.78 Å². The molecule has 1 aromatic carbocycles. The van der Waals surface area contributed by atoms with Gasteiger partial charge in [0, 0.05) is 6.07 Å². The van der Waals surface area contributed by atoms with Gasteiger partial charge in [-0.2, -0.15) is 9.50 Å². The summed E-state index contributed by atoms with van der Waals surface area (Å²) in [6, 6.07) is 7.97. The van der Waals surface area contributed by atoms with Crippen molar-refractivity contribution in [3.8, 4) is 0 Å². The minimum Gasteiger partial charge on any atom is -0.267 e. The van der Waals surface area contributed by atoms with Crippen LogP contribution in [0.2, 0.25) is 0 Å². The highest BCUT2D eigenvalue weighted by Crippen LogP contribution is 2.15. The lowest BCUT2D eigenvalue weighted by Gasteiger charge is -2.11. The second kappa shape index (κ2) is 5.65. The molecule has 0 amide bonds. The van der Waals surface area contributed by atoms with Gasteiger partial charge >= 0.3 is 0 Å². The van der Waals surface area contributed by atoms with E-state index in [1.54, 1.807) is 10.6 Å². The fraction of sp³-hybridized carbons (Fsp3) is 0.389. The van der Waals surface area contributed by atoms with Crippen LogP contribution >= 0.6 is 0 Å². The number of aromatic nitrogens is 4. The summed E-state index contributed by atoms with van der Waals surface area (Å²) in [7, 11) is 0. The first-order valence-corrected chi connectivity index (χ1v) is 7.90. The van der Waals surface area contributed by atoms with Gasteiger partial charge in [0.05, 0.1) is 12.2 Å². The predicted molar refractivity (Wildman–Crippen MR) is 91.1 cm³/mol. The number of hydrogen-bond acceptors (Lipinski definition) is 3. The van der Waals surface area contributed by atoms with Crippen molar-refractivity contribution in [1.82, 2.24) is 19.2 Å². The molecule has 0 spiro atoms. The Bertz CT molecular complexity index is 934. The smallest absolute Gasteiger partial charge is 0.267 e. The van der Waals surface area contributed by atoms with Crippen molar-refractivity contribution in [1.29, 1.82) is 0 Å². The Labute approximate surface area is 135 Å². The summed E-state index contributed by atoms with van der Waals surface area (Å²) < 4.78 is 3.47. The summed E-state index contributed by atoms with van der Waals surface area (Å²) in [6.07, 6.45) is 0. The van der Waals surface area contributed by atoms with Crippen LogP contribution in [0.5, 0.6) is 0 Å². The van der Waals surface area contributed by atoms with Gasteiger partial charge in [-0.3, -0.25) is 9.48 Å². The molecule has 120 valence electrons. The first kappa shape index (κ1) is 15.5. The first-order chi connectivity index (χ1) is 10.9. The van der Waals surface area contributed by atoms with Crippen molar-refractivity contribution in [2.24, 2.45) is 0 Å². The molecular formula is C18H22N4O. The number of hydrogen-bond donors (Lipinski definition) is 0. The maximum absolute atomic E-state index is 12.5. The zero-order valence-corrected chi connectivity index (χ0v) is 14.3. The van der Waals surface area contributed by atoms with Crippen LogP contribution in [0.4, 0.5) is 0 Å². The molecule has 3 rings (SSSR count). The van der Waals surface area contributed by atoms with Crippen LogP contribution in [-0.4, -0.2) is 19.2 Å². The van der Waals surface area contributed by atoms with Crippen molar-refractivity contribution in [3.63, 3.8) is 0 Å². The summed E-state index contributed by atoms with van der Waals surface area (Å²) in [4.78, 5) is 21.6. The largest absolute Gasteiger partial charge is 0.274 e. The molecule has 0 N–H and O–H groups in total. The molecule has 2 heterocycles. The second-order valence-corrected chi connectivity index (χ2v) is 6.43. The molecule has 2 aromatic heterocycles. The maximum atomic E-state index is 12.5. The van der Waals surface area contributed by atoms with Crippen molar-refractivity contribution in [2.45, 2.75) is 47.1 Å². The second-order valence-electron chi connectivity index (χ2n) is 6.43. The van der Waals surface area contributed by atoms with Crippen molar-refractivity contribution in [2.75, 3.05) is 0 Å². The zero-order chi connectivity index (χ0) is 16.7. The highest BCUT2D eigenvalue weighted by molar-refractivity contribution is 5.33. The van der Waals surface area contributed by atoms with Gasteiger partial charge in [-0.15, -0.1) is 0 Å². The number of benzene rings is 1. The number of fused-ring (bicyclic) bond motifs is 1. The molecule has 5 heteroatoms. The van der Waals surface area contributed by atoms with E-state index in [1.165, 1.54) is 16.7 Å². The van der Waals surface area contributed by atoms with E-state index >= 15 is 0 Å². The fourth-order valence-corrected chi connectivity index (χ4v) is 2.74.